The fourth-order valence-corrected chi connectivity index (χ4v) is 3.12. The van der Waals surface area contributed by atoms with Crippen LogP contribution in [0.5, 0.6) is 0 Å². The number of amides is 2. The zero-order valence-electron chi connectivity index (χ0n) is 11.8. The average molecular weight is 269 g/mol. The van der Waals surface area contributed by atoms with E-state index in [1.54, 1.807) is 0 Å². The summed E-state index contributed by atoms with van der Waals surface area (Å²) in [6.45, 7) is 7.01. The molecule has 0 aliphatic carbocycles. The molecule has 2 aliphatic rings. The van der Waals surface area contributed by atoms with Crippen LogP contribution in [-0.4, -0.2) is 52.2 Å². The first kappa shape index (κ1) is 14.1. The fraction of sp³-hybridized carbons (Fsp3) is 0.846. The Hall–Kier alpha value is -1.30. The molecule has 0 bridgehead atoms. The molecule has 2 heterocycles. The van der Waals surface area contributed by atoms with Gasteiger partial charge in [0.2, 0.25) is 5.91 Å². The number of fused-ring (bicyclic) bond motifs is 1. The van der Waals surface area contributed by atoms with Gasteiger partial charge in [-0.25, -0.2) is 4.79 Å². The third kappa shape index (κ3) is 3.37. The Kier molecular flexibility index (Phi) is 3.71. The maximum absolute atomic E-state index is 12.2. The molecule has 2 saturated heterocycles. The van der Waals surface area contributed by atoms with Crippen LogP contribution in [0.25, 0.3) is 0 Å². The van der Waals surface area contributed by atoms with E-state index in [-0.39, 0.29) is 17.5 Å². The summed E-state index contributed by atoms with van der Waals surface area (Å²) in [6, 6.07) is -0.0676. The number of nitrogens with one attached hydrogen (secondary N) is 2. The van der Waals surface area contributed by atoms with E-state index in [1.165, 1.54) is 0 Å². The molecule has 2 rings (SSSR count). The molecule has 108 valence electrons. The van der Waals surface area contributed by atoms with Gasteiger partial charge in [-0.3, -0.25) is 4.79 Å². The standard InChI is InChI=1S/C13H23N3O3/c1-13(2,3)15-8-4-5-9-6-10(14-12(18)19)11(17)16(9)7-8/h8-10,14-15H,4-7H2,1-3H3,(H,18,19). The lowest BCUT2D eigenvalue weighted by atomic mass is 9.96. The van der Waals surface area contributed by atoms with Crippen molar-refractivity contribution in [3.63, 3.8) is 0 Å². The van der Waals surface area contributed by atoms with Crippen molar-refractivity contribution in [2.45, 2.75) is 63.7 Å². The molecule has 6 nitrogen and oxygen atoms in total. The third-order valence-corrected chi connectivity index (χ3v) is 3.73. The van der Waals surface area contributed by atoms with Crippen LogP contribution in [0.15, 0.2) is 0 Å². The van der Waals surface area contributed by atoms with Crippen molar-refractivity contribution < 1.29 is 14.7 Å². The maximum atomic E-state index is 12.2. The van der Waals surface area contributed by atoms with Crippen LogP contribution >= 0.6 is 0 Å². The van der Waals surface area contributed by atoms with E-state index >= 15 is 0 Å². The highest BCUT2D eigenvalue weighted by molar-refractivity contribution is 5.87. The van der Waals surface area contributed by atoms with Gasteiger partial charge in [-0.2, -0.15) is 0 Å². The van der Waals surface area contributed by atoms with Crippen LogP contribution in [0.1, 0.15) is 40.0 Å². The number of hydrogen-bond donors (Lipinski definition) is 3. The SMILES string of the molecule is CC(C)(C)NC1CCC2CC(NC(=O)O)C(=O)N2C1. The van der Waals surface area contributed by atoms with E-state index in [4.69, 9.17) is 5.11 Å². The van der Waals surface area contributed by atoms with Gasteiger partial charge in [0.1, 0.15) is 6.04 Å². The number of nitrogens with zero attached hydrogens (tertiary/aromatic N) is 1. The van der Waals surface area contributed by atoms with Gasteiger partial charge >= 0.3 is 6.09 Å². The molecule has 0 saturated carbocycles. The summed E-state index contributed by atoms with van der Waals surface area (Å²) in [7, 11) is 0. The number of carbonyl (C=O) groups excluding carboxylic acids is 1. The summed E-state index contributed by atoms with van der Waals surface area (Å²) in [4.78, 5) is 24.7. The van der Waals surface area contributed by atoms with E-state index in [9.17, 15) is 9.59 Å². The summed E-state index contributed by atoms with van der Waals surface area (Å²) in [6.07, 6.45) is 1.46. The molecular weight excluding hydrogens is 246 g/mol. The number of rotatable bonds is 2. The first-order valence-corrected chi connectivity index (χ1v) is 6.84. The van der Waals surface area contributed by atoms with Crippen LogP contribution in [0.4, 0.5) is 4.79 Å². The lowest BCUT2D eigenvalue weighted by Crippen LogP contribution is -2.54. The van der Waals surface area contributed by atoms with Gasteiger partial charge in [-0.1, -0.05) is 0 Å². The molecule has 3 unspecified atom stereocenters. The van der Waals surface area contributed by atoms with Crippen molar-refractivity contribution in [3.8, 4) is 0 Å². The Labute approximate surface area is 113 Å². The second-order valence-corrected chi connectivity index (χ2v) is 6.55. The fourth-order valence-electron chi connectivity index (χ4n) is 3.12. The number of carbonyl (C=O) groups is 2. The molecular formula is C13H23N3O3. The van der Waals surface area contributed by atoms with Gasteiger partial charge in [-0.05, 0) is 40.0 Å². The monoisotopic (exact) mass is 269 g/mol. The van der Waals surface area contributed by atoms with Gasteiger partial charge in [0.15, 0.2) is 0 Å². The van der Waals surface area contributed by atoms with Gasteiger partial charge in [0.25, 0.3) is 0 Å². The van der Waals surface area contributed by atoms with Gasteiger partial charge in [-0.15, -0.1) is 0 Å². The van der Waals surface area contributed by atoms with E-state index < -0.39 is 12.1 Å². The van der Waals surface area contributed by atoms with Crippen molar-refractivity contribution in [2.75, 3.05) is 6.54 Å². The van der Waals surface area contributed by atoms with Crippen molar-refractivity contribution in [3.05, 3.63) is 0 Å². The maximum Gasteiger partial charge on any atom is 0.405 e. The lowest BCUT2D eigenvalue weighted by molar-refractivity contribution is -0.131. The topological polar surface area (TPSA) is 81.7 Å². The molecule has 0 aromatic heterocycles. The highest BCUT2D eigenvalue weighted by atomic mass is 16.4. The van der Waals surface area contributed by atoms with Crippen molar-refractivity contribution in [2.24, 2.45) is 0 Å². The molecule has 2 amide bonds. The Balaban J connectivity index is 1.97. The Morgan fingerprint density at radius 1 is 1.37 bits per heavy atom. The number of hydrogen-bond acceptors (Lipinski definition) is 3. The smallest absolute Gasteiger partial charge is 0.405 e. The molecule has 2 aliphatic heterocycles. The zero-order valence-corrected chi connectivity index (χ0v) is 11.8. The van der Waals surface area contributed by atoms with Gasteiger partial charge < -0.3 is 20.6 Å². The Bertz CT molecular complexity index is 378. The highest BCUT2D eigenvalue weighted by Gasteiger charge is 2.43. The molecule has 3 atom stereocenters. The first-order valence-electron chi connectivity index (χ1n) is 6.84. The molecule has 3 N–H and O–H groups in total. The third-order valence-electron chi connectivity index (χ3n) is 3.73. The molecule has 2 fully saturated rings. The van der Waals surface area contributed by atoms with Crippen LogP contribution < -0.4 is 10.6 Å². The molecule has 0 aromatic rings. The van der Waals surface area contributed by atoms with Crippen LogP contribution in [0.2, 0.25) is 0 Å². The van der Waals surface area contributed by atoms with Crippen LogP contribution in [0, 0.1) is 0 Å². The number of piperidine rings is 1. The molecule has 0 radical (unpaired) electrons. The summed E-state index contributed by atoms with van der Waals surface area (Å²) in [5, 5.41) is 14.6. The van der Waals surface area contributed by atoms with Crippen molar-refractivity contribution in [1.82, 2.24) is 15.5 Å². The minimum Gasteiger partial charge on any atom is -0.465 e. The van der Waals surface area contributed by atoms with Crippen molar-refractivity contribution >= 4 is 12.0 Å². The van der Waals surface area contributed by atoms with E-state index in [2.05, 4.69) is 31.4 Å². The zero-order chi connectivity index (χ0) is 14.2. The largest absolute Gasteiger partial charge is 0.465 e. The second kappa shape index (κ2) is 5.00. The summed E-state index contributed by atoms with van der Waals surface area (Å²) >= 11 is 0. The van der Waals surface area contributed by atoms with Crippen molar-refractivity contribution in [1.29, 1.82) is 0 Å². The number of carboxylic acid groups (broad SMARTS) is 1. The predicted molar refractivity (Wildman–Crippen MR) is 71.0 cm³/mol. The lowest BCUT2D eigenvalue weighted by Gasteiger charge is -2.38. The van der Waals surface area contributed by atoms with Crippen LogP contribution in [-0.2, 0) is 4.79 Å². The quantitative estimate of drug-likeness (QED) is 0.691. The average Bonchev–Trinajstić information content (AvgIpc) is 2.54. The van der Waals surface area contributed by atoms with Gasteiger partial charge in [0.05, 0.1) is 0 Å². The molecule has 0 aromatic carbocycles. The summed E-state index contributed by atoms with van der Waals surface area (Å²) < 4.78 is 0. The normalized spacial score (nSPS) is 31.2. The second-order valence-electron chi connectivity index (χ2n) is 6.55. The minimum atomic E-state index is -1.12. The van der Waals surface area contributed by atoms with E-state index in [1.807, 2.05) is 4.90 Å². The summed E-state index contributed by atoms with van der Waals surface area (Å²) in [5.74, 6) is -0.0761. The molecule has 19 heavy (non-hydrogen) atoms. The first-order chi connectivity index (χ1) is 8.76. The molecule has 6 heteroatoms. The van der Waals surface area contributed by atoms with E-state index in [0.717, 1.165) is 12.8 Å². The highest BCUT2D eigenvalue weighted by Crippen LogP contribution is 2.29. The summed E-state index contributed by atoms with van der Waals surface area (Å²) in [5.41, 5.74) is 0.0268. The predicted octanol–water partition coefficient (Wildman–Crippen LogP) is 0.774. The Morgan fingerprint density at radius 2 is 2.05 bits per heavy atom. The van der Waals surface area contributed by atoms with Crippen LogP contribution in [0.3, 0.4) is 0 Å². The van der Waals surface area contributed by atoms with E-state index in [0.29, 0.717) is 19.0 Å². The Morgan fingerprint density at radius 3 is 2.63 bits per heavy atom. The minimum absolute atomic E-state index is 0.0268. The van der Waals surface area contributed by atoms with Gasteiger partial charge in [0, 0.05) is 24.2 Å². The molecule has 0 spiro atoms.